The van der Waals surface area contributed by atoms with Crippen LogP contribution >= 0.6 is 11.3 Å². The summed E-state index contributed by atoms with van der Waals surface area (Å²) in [6, 6.07) is 8.12. The van der Waals surface area contributed by atoms with Crippen LogP contribution in [0.5, 0.6) is 0 Å². The molecule has 0 radical (unpaired) electrons. The van der Waals surface area contributed by atoms with Crippen LogP contribution in [-0.4, -0.2) is 10.5 Å². The highest BCUT2D eigenvalue weighted by Gasteiger charge is 2.39. The van der Waals surface area contributed by atoms with Crippen molar-refractivity contribution < 1.29 is 4.79 Å². The quantitative estimate of drug-likeness (QED) is 0.824. The number of carbonyl (C=O) groups excluding carboxylic acids is 1. The van der Waals surface area contributed by atoms with E-state index in [9.17, 15) is 4.79 Å². The summed E-state index contributed by atoms with van der Waals surface area (Å²) < 4.78 is 3.17. The summed E-state index contributed by atoms with van der Waals surface area (Å²) in [5.74, 6) is 0.713. The molecule has 1 fully saturated rings. The molecule has 1 amide bonds. The zero-order chi connectivity index (χ0) is 12.7. The Hall–Kier alpha value is -1.62. The van der Waals surface area contributed by atoms with E-state index in [2.05, 4.69) is 29.6 Å². The lowest BCUT2D eigenvalue weighted by atomic mass is 10.3. The number of hydrogen-bond acceptors (Lipinski definition) is 3. The summed E-state index contributed by atoms with van der Waals surface area (Å²) in [5, 5.41) is 4.22. The summed E-state index contributed by atoms with van der Waals surface area (Å²) in [7, 11) is 1.96. The van der Waals surface area contributed by atoms with Crippen molar-refractivity contribution in [2.24, 2.45) is 24.0 Å². The number of thiazole rings is 1. The molecule has 1 aromatic carbocycles. The lowest BCUT2D eigenvalue weighted by molar-refractivity contribution is -0.122. The number of nitrogens with one attached hydrogen (secondary N) is 1. The number of carbonyl (C=O) groups is 1. The van der Waals surface area contributed by atoms with Crippen molar-refractivity contribution >= 4 is 27.5 Å². The molecule has 0 saturated heterocycles. The molecule has 0 bridgehead atoms. The molecule has 1 aliphatic carbocycles. The monoisotopic (exact) mass is 261 g/mol. The molecule has 94 valence electrons. The molecule has 2 aromatic rings. The summed E-state index contributed by atoms with van der Waals surface area (Å²) in [5.41, 5.74) is 3.80. The third kappa shape index (κ3) is 1.95. The average molecular weight is 261 g/mol. The smallest absolute Gasteiger partial charge is 0.243 e. The van der Waals surface area contributed by atoms with Crippen molar-refractivity contribution in [3.8, 4) is 0 Å². The number of benzene rings is 1. The average Bonchev–Trinajstić information content (AvgIpc) is 3.02. The van der Waals surface area contributed by atoms with Gasteiger partial charge in [0.2, 0.25) is 10.7 Å². The lowest BCUT2D eigenvalue weighted by Gasteiger charge is -1.97. The van der Waals surface area contributed by atoms with Crippen molar-refractivity contribution in [3.05, 3.63) is 29.1 Å². The minimum Gasteiger partial charge on any atom is -0.318 e. The largest absolute Gasteiger partial charge is 0.318 e. The minimum atomic E-state index is 0.0416. The van der Waals surface area contributed by atoms with Gasteiger partial charge in [0, 0.05) is 13.0 Å². The van der Waals surface area contributed by atoms with E-state index in [0.717, 1.165) is 16.7 Å². The van der Waals surface area contributed by atoms with Gasteiger partial charge in [-0.3, -0.25) is 4.79 Å². The SMILES string of the molecule is C[C@H]1C[C@H]1C(=O)N/N=c1\sc2ccccc2n1C. The highest BCUT2D eigenvalue weighted by Crippen LogP contribution is 2.37. The van der Waals surface area contributed by atoms with Gasteiger partial charge in [-0.05, 0) is 24.5 Å². The first-order valence-corrected chi connectivity index (χ1v) is 6.86. The molecule has 5 heteroatoms. The number of aromatic nitrogens is 1. The van der Waals surface area contributed by atoms with Crippen molar-refractivity contribution in [3.63, 3.8) is 0 Å². The van der Waals surface area contributed by atoms with E-state index < -0.39 is 0 Å². The molecule has 3 rings (SSSR count). The van der Waals surface area contributed by atoms with Gasteiger partial charge in [-0.2, -0.15) is 0 Å². The van der Waals surface area contributed by atoms with E-state index in [-0.39, 0.29) is 11.8 Å². The summed E-state index contributed by atoms with van der Waals surface area (Å²) in [6.45, 7) is 2.09. The molecule has 1 saturated carbocycles. The van der Waals surface area contributed by atoms with Crippen LogP contribution in [0.4, 0.5) is 0 Å². The fourth-order valence-corrected chi connectivity index (χ4v) is 3.04. The number of rotatable bonds is 2. The molecule has 1 aliphatic rings. The van der Waals surface area contributed by atoms with Gasteiger partial charge in [0.05, 0.1) is 10.2 Å². The van der Waals surface area contributed by atoms with E-state index in [1.807, 2.05) is 23.7 Å². The van der Waals surface area contributed by atoms with Crippen LogP contribution < -0.4 is 10.2 Å². The van der Waals surface area contributed by atoms with Crippen molar-refractivity contribution in [2.45, 2.75) is 13.3 Å². The molecular formula is C13H15N3OS. The molecule has 0 unspecified atom stereocenters. The number of fused-ring (bicyclic) bond motifs is 1. The predicted molar refractivity (Wildman–Crippen MR) is 71.8 cm³/mol. The first-order chi connectivity index (χ1) is 8.66. The molecule has 2 atom stereocenters. The van der Waals surface area contributed by atoms with Gasteiger partial charge in [0.25, 0.3) is 0 Å². The number of para-hydroxylation sites is 1. The first kappa shape index (κ1) is 11.5. The molecule has 1 aromatic heterocycles. The molecule has 0 aliphatic heterocycles. The van der Waals surface area contributed by atoms with Gasteiger partial charge in [-0.15, -0.1) is 5.10 Å². The van der Waals surface area contributed by atoms with Crippen LogP contribution in [0, 0.1) is 11.8 Å². The Balaban J connectivity index is 1.89. The Bertz CT molecular complexity index is 670. The van der Waals surface area contributed by atoms with Gasteiger partial charge in [-0.1, -0.05) is 30.4 Å². The summed E-state index contributed by atoms with van der Waals surface area (Å²) in [6.07, 6.45) is 0.986. The zero-order valence-electron chi connectivity index (χ0n) is 10.4. The second-order valence-corrected chi connectivity index (χ2v) is 5.83. The Morgan fingerprint density at radius 2 is 2.22 bits per heavy atom. The van der Waals surface area contributed by atoms with E-state index in [1.165, 1.54) is 4.70 Å². The van der Waals surface area contributed by atoms with Crippen LogP contribution in [-0.2, 0) is 11.8 Å². The normalized spacial score (nSPS) is 23.3. The van der Waals surface area contributed by atoms with Crippen molar-refractivity contribution in [1.29, 1.82) is 0 Å². The maximum absolute atomic E-state index is 11.7. The standard InChI is InChI=1S/C13H15N3OS/c1-8-7-9(8)12(17)14-15-13-16(2)10-5-3-4-6-11(10)18-13/h3-6,8-9H,7H2,1-2H3,(H,14,17)/b15-13-/t8-,9+/m0/s1. The Labute approximate surface area is 109 Å². The third-order valence-electron chi connectivity index (χ3n) is 3.42. The number of hydrogen-bond donors (Lipinski definition) is 1. The van der Waals surface area contributed by atoms with Gasteiger partial charge in [0.1, 0.15) is 0 Å². The maximum Gasteiger partial charge on any atom is 0.243 e. The molecular weight excluding hydrogens is 246 g/mol. The number of aryl methyl sites for hydroxylation is 1. The van der Waals surface area contributed by atoms with Gasteiger partial charge >= 0.3 is 0 Å². The van der Waals surface area contributed by atoms with Crippen molar-refractivity contribution in [2.75, 3.05) is 0 Å². The van der Waals surface area contributed by atoms with Crippen LogP contribution in [0.25, 0.3) is 10.2 Å². The molecule has 4 nitrogen and oxygen atoms in total. The predicted octanol–water partition coefficient (Wildman–Crippen LogP) is 1.83. The first-order valence-electron chi connectivity index (χ1n) is 6.05. The second-order valence-electron chi connectivity index (χ2n) is 4.82. The van der Waals surface area contributed by atoms with Crippen LogP contribution in [0.1, 0.15) is 13.3 Å². The van der Waals surface area contributed by atoms with Crippen molar-refractivity contribution in [1.82, 2.24) is 9.99 Å². The molecule has 1 N–H and O–H groups in total. The van der Waals surface area contributed by atoms with E-state index in [4.69, 9.17) is 0 Å². The Morgan fingerprint density at radius 3 is 2.89 bits per heavy atom. The minimum absolute atomic E-state index is 0.0416. The molecule has 0 spiro atoms. The topological polar surface area (TPSA) is 46.4 Å². The Kier molecular flexibility index (Phi) is 2.70. The third-order valence-corrected chi connectivity index (χ3v) is 4.54. The van der Waals surface area contributed by atoms with E-state index >= 15 is 0 Å². The number of nitrogens with zero attached hydrogens (tertiary/aromatic N) is 2. The molecule has 18 heavy (non-hydrogen) atoms. The fourth-order valence-electron chi connectivity index (χ4n) is 2.06. The van der Waals surface area contributed by atoms with E-state index in [0.29, 0.717) is 5.92 Å². The highest BCUT2D eigenvalue weighted by molar-refractivity contribution is 7.16. The van der Waals surface area contributed by atoms with Crippen LogP contribution in [0.2, 0.25) is 0 Å². The van der Waals surface area contributed by atoms with E-state index in [1.54, 1.807) is 11.3 Å². The van der Waals surface area contributed by atoms with Crippen LogP contribution in [0.15, 0.2) is 29.4 Å². The summed E-state index contributed by atoms with van der Waals surface area (Å²) >= 11 is 1.58. The highest BCUT2D eigenvalue weighted by atomic mass is 32.1. The lowest BCUT2D eigenvalue weighted by Crippen LogP contribution is -2.24. The summed E-state index contributed by atoms with van der Waals surface area (Å²) in [4.78, 5) is 12.5. The number of amides is 1. The fraction of sp³-hybridized carbons (Fsp3) is 0.385. The molecule has 1 heterocycles. The van der Waals surface area contributed by atoms with Gasteiger partial charge in [-0.25, -0.2) is 5.43 Å². The van der Waals surface area contributed by atoms with Gasteiger partial charge in [0.15, 0.2) is 0 Å². The zero-order valence-corrected chi connectivity index (χ0v) is 11.2. The maximum atomic E-state index is 11.7. The van der Waals surface area contributed by atoms with Gasteiger partial charge < -0.3 is 4.57 Å². The Morgan fingerprint density at radius 1 is 1.50 bits per heavy atom. The van der Waals surface area contributed by atoms with Crippen LogP contribution in [0.3, 0.4) is 0 Å². The second kappa shape index (κ2) is 4.24.